The molecule has 0 atom stereocenters. The highest BCUT2D eigenvalue weighted by molar-refractivity contribution is 6.14. The van der Waals surface area contributed by atoms with E-state index in [0.29, 0.717) is 18.0 Å². The Balaban J connectivity index is 0.000000454. The van der Waals surface area contributed by atoms with Gasteiger partial charge in [-0.2, -0.15) is 13.2 Å². The van der Waals surface area contributed by atoms with Crippen LogP contribution in [0.1, 0.15) is 53.0 Å². The van der Waals surface area contributed by atoms with Crippen LogP contribution in [0.4, 0.5) is 19.0 Å². The van der Waals surface area contributed by atoms with E-state index in [-0.39, 0.29) is 23.3 Å². The lowest BCUT2D eigenvalue weighted by atomic mass is 9.89. The Morgan fingerprint density at radius 3 is 2.25 bits per heavy atom. The third-order valence-electron chi connectivity index (χ3n) is 5.70. The first-order valence-electron chi connectivity index (χ1n) is 11.3. The van der Waals surface area contributed by atoms with E-state index in [9.17, 15) is 22.8 Å². The molecule has 0 radical (unpaired) electrons. The van der Waals surface area contributed by atoms with Crippen LogP contribution in [0.2, 0.25) is 0 Å². The SMILES string of the molecule is O=C(NCC1CCCCC1)c1nccnc1NC(=O)c1cccc2ccccc12.O=C(O)C(F)(F)F. The van der Waals surface area contributed by atoms with E-state index in [1.807, 2.05) is 36.4 Å². The normalized spacial score (nSPS) is 13.9. The Bertz CT molecular complexity index is 1220. The first-order valence-corrected chi connectivity index (χ1v) is 11.3. The van der Waals surface area contributed by atoms with Gasteiger partial charge in [-0.3, -0.25) is 9.59 Å². The number of nitrogens with zero attached hydrogens (tertiary/aromatic N) is 2. The molecule has 3 N–H and O–H groups in total. The summed E-state index contributed by atoms with van der Waals surface area (Å²) >= 11 is 0. The standard InChI is InChI=1S/C23H24N4O2.C2HF3O2/c28-22(19-12-6-10-17-9-4-5-11-18(17)19)27-21-20(24-13-14-25-21)23(29)26-15-16-7-2-1-3-8-16;3-2(4,5)1(6)7/h4-6,9-14,16H,1-3,7-8,15H2,(H,26,29)(H,25,27,28);(H,6,7). The van der Waals surface area contributed by atoms with Crippen molar-refractivity contribution in [2.75, 3.05) is 11.9 Å². The fourth-order valence-corrected chi connectivity index (χ4v) is 3.91. The zero-order valence-electron chi connectivity index (χ0n) is 19.2. The molecule has 1 fully saturated rings. The second kappa shape index (κ2) is 12.1. The van der Waals surface area contributed by atoms with Crippen molar-refractivity contribution in [3.63, 3.8) is 0 Å². The van der Waals surface area contributed by atoms with Gasteiger partial charge in [0, 0.05) is 24.5 Å². The summed E-state index contributed by atoms with van der Waals surface area (Å²) in [6.07, 6.45) is 3.85. The number of nitrogens with one attached hydrogen (secondary N) is 2. The predicted octanol–water partition coefficient (Wildman–Crippen LogP) is 4.83. The number of hydrogen-bond donors (Lipinski definition) is 3. The smallest absolute Gasteiger partial charge is 0.475 e. The van der Waals surface area contributed by atoms with Gasteiger partial charge in [0.15, 0.2) is 11.5 Å². The highest BCUT2D eigenvalue weighted by Crippen LogP contribution is 2.23. The summed E-state index contributed by atoms with van der Waals surface area (Å²) in [4.78, 5) is 42.8. The van der Waals surface area contributed by atoms with Crippen molar-refractivity contribution >= 4 is 34.4 Å². The summed E-state index contributed by atoms with van der Waals surface area (Å²) in [5.74, 6) is -2.70. The molecule has 11 heteroatoms. The van der Waals surface area contributed by atoms with Crippen molar-refractivity contribution < 1.29 is 32.7 Å². The van der Waals surface area contributed by atoms with Gasteiger partial charge in [0.25, 0.3) is 11.8 Å². The Hall–Kier alpha value is -4.02. The third kappa shape index (κ3) is 7.24. The molecular weight excluding hydrogens is 477 g/mol. The Kier molecular flexibility index (Phi) is 8.93. The second-order valence-corrected chi connectivity index (χ2v) is 8.25. The number of hydrogen-bond acceptors (Lipinski definition) is 5. The predicted molar refractivity (Wildman–Crippen MR) is 127 cm³/mol. The molecule has 36 heavy (non-hydrogen) atoms. The lowest BCUT2D eigenvalue weighted by molar-refractivity contribution is -0.192. The molecule has 190 valence electrons. The average molecular weight is 502 g/mol. The summed E-state index contributed by atoms with van der Waals surface area (Å²) in [5, 5.41) is 14.7. The minimum atomic E-state index is -5.08. The van der Waals surface area contributed by atoms with Gasteiger partial charge in [-0.25, -0.2) is 14.8 Å². The van der Waals surface area contributed by atoms with Gasteiger partial charge in [0.2, 0.25) is 0 Å². The summed E-state index contributed by atoms with van der Waals surface area (Å²) in [6.45, 7) is 0.631. The van der Waals surface area contributed by atoms with Crippen LogP contribution in [0.15, 0.2) is 54.9 Å². The Labute approximate surface area is 204 Å². The van der Waals surface area contributed by atoms with Gasteiger partial charge in [-0.1, -0.05) is 55.7 Å². The van der Waals surface area contributed by atoms with Crippen LogP contribution in [0, 0.1) is 5.92 Å². The van der Waals surface area contributed by atoms with Crippen molar-refractivity contribution in [2.45, 2.75) is 38.3 Å². The number of amides is 2. The van der Waals surface area contributed by atoms with Crippen LogP contribution in [0.5, 0.6) is 0 Å². The first kappa shape index (κ1) is 26.6. The van der Waals surface area contributed by atoms with E-state index in [1.54, 1.807) is 6.07 Å². The Morgan fingerprint density at radius 2 is 1.56 bits per heavy atom. The molecule has 0 aliphatic heterocycles. The van der Waals surface area contributed by atoms with Crippen molar-refractivity contribution in [2.24, 2.45) is 5.92 Å². The van der Waals surface area contributed by atoms with Gasteiger partial charge in [0.05, 0.1) is 0 Å². The number of aromatic nitrogens is 2. The fraction of sp³-hybridized carbons (Fsp3) is 0.320. The lowest BCUT2D eigenvalue weighted by Gasteiger charge is -2.21. The summed E-state index contributed by atoms with van der Waals surface area (Å²) in [5.41, 5.74) is 0.666. The largest absolute Gasteiger partial charge is 0.490 e. The number of fused-ring (bicyclic) bond motifs is 1. The first-order chi connectivity index (χ1) is 17.2. The molecule has 2 aromatic carbocycles. The summed E-state index contributed by atoms with van der Waals surface area (Å²) in [7, 11) is 0. The van der Waals surface area contributed by atoms with E-state index >= 15 is 0 Å². The summed E-state index contributed by atoms with van der Waals surface area (Å²) in [6, 6.07) is 13.2. The maximum absolute atomic E-state index is 12.9. The maximum atomic E-state index is 12.9. The molecule has 0 saturated heterocycles. The highest BCUT2D eigenvalue weighted by Gasteiger charge is 2.38. The van der Waals surface area contributed by atoms with Gasteiger partial charge in [0.1, 0.15) is 0 Å². The summed E-state index contributed by atoms with van der Waals surface area (Å²) < 4.78 is 31.7. The Morgan fingerprint density at radius 1 is 0.917 bits per heavy atom. The molecule has 1 aliphatic carbocycles. The lowest BCUT2D eigenvalue weighted by Crippen LogP contribution is -2.32. The number of carboxylic acid groups (broad SMARTS) is 1. The number of alkyl halides is 3. The molecule has 0 unspecified atom stereocenters. The number of carbonyl (C=O) groups is 3. The number of rotatable bonds is 5. The third-order valence-corrected chi connectivity index (χ3v) is 5.70. The van der Waals surface area contributed by atoms with Gasteiger partial charge in [-0.05, 0) is 35.6 Å². The molecule has 1 aromatic heterocycles. The molecule has 1 heterocycles. The van der Waals surface area contributed by atoms with Crippen molar-refractivity contribution in [3.8, 4) is 0 Å². The number of halogens is 3. The zero-order chi connectivity index (χ0) is 26.1. The molecule has 1 saturated carbocycles. The highest BCUT2D eigenvalue weighted by atomic mass is 19.4. The van der Waals surface area contributed by atoms with Gasteiger partial charge < -0.3 is 15.7 Å². The van der Waals surface area contributed by atoms with Crippen LogP contribution in [0.3, 0.4) is 0 Å². The molecule has 8 nitrogen and oxygen atoms in total. The van der Waals surface area contributed by atoms with E-state index in [0.717, 1.165) is 23.6 Å². The molecule has 4 rings (SSSR count). The molecule has 3 aromatic rings. The number of carboxylic acids is 1. The van der Waals surface area contributed by atoms with Crippen molar-refractivity contribution in [1.29, 1.82) is 0 Å². The molecule has 0 spiro atoms. The van der Waals surface area contributed by atoms with Gasteiger partial charge in [-0.15, -0.1) is 0 Å². The van der Waals surface area contributed by atoms with Crippen molar-refractivity contribution in [3.05, 3.63) is 66.1 Å². The minimum absolute atomic E-state index is 0.136. The quantitative estimate of drug-likeness (QED) is 0.460. The number of anilines is 1. The number of aliphatic carboxylic acids is 1. The number of benzene rings is 2. The minimum Gasteiger partial charge on any atom is -0.475 e. The van der Waals surface area contributed by atoms with Crippen LogP contribution in [-0.4, -0.2) is 45.6 Å². The molecule has 0 bridgehead atoms. The molecule has 2 amide bonds. The topological polar surface area (TPSA) is 121 Å². The van der Waals surface area contributed by atoms with Crippen LogP contribution < -0.4 is 10.6 Å². The van der Waals surface area contributed by atoms with Crippen LogP contribution >= 0.6 is 0 Å². The fourth-order valence-electron chi connectivity index (χ4n) is 3.91. The molecular formula is C25H25F3N4O4. The number of carbonyl (C=O) groups excluding carboxylic acids is 2. The van der Waals surface area contributed by atoms with E-state index < -0.39 is 12.1 Å². The van der Waals surface area contributed by atoms with E-state index in [4.69, 9.17) is 9.90 Å². The van der Waals surface area contributed by atoms with E-state index in [2.05, 4.69) is 20.6 Å². The maximum Gasteiger partial charge on any atom is 0.490 e. The van der Waals surface area contributed by atoms with Crippen molar-refractivity contribution in [1.82, 2.24) is 15.3 Å². The average Bonchev–Trinajstić information content (AvgIpc) is 2.87. The van der Waals surface area contributed by atoms with Crippen LogP contribution in [-0.2, 0) is 4.79 Å². The second-order valence-electron chi connectivity index (χ2n) is 8.25. The monoisotopic (exact) mass is 502 g/mol. The van der Waals surface area contributed by atoms with E-state index in [1.165, 1.54) is 31.7 Å². The zero-order valence-corrected chi connectivity index (χ0v) is 19.2. The van der Waals surface area contributed by atoms with Gasteiger partial charge >= 0.3 is 12.1 Å². The molecule has 1 aliphatic rings. The van der Waals surface area contributed by atoms with Crippen LogP contribution in [0.25, 0.3) is 10.8 Å².